The van der Waals surface area contributed by atoms with Crippen molar-refractivity contribution in [3.63, 3.8) is 0 Å². The summed E-state index contributed by atoms with van der Waals surface area (Å²) in [6, 6.07) is 10.5. The van der Waals surface area contributed by atoms with Crippen molar-refractivity contribution in [2.24, 2.45) is 0 Å². The topological polar surface area (TPSA) is 45.0 Å². The lowest BCUT2D eigenvalue weighted by Crippen LogP contribution is -2.18. The van der Waals surface area contributed by atoms with Gasteiger partial charge in [-0.25, -0.2) is 0 Å². The molecule has 0 aliphatic heterocycles. The molecule has 0 saturated heterocycles. The Hall–Kier alpha value is -1.02. The van der Waals surface area contributed by atoms with Crippen LogP contribution in [0.3, 0.4) is 0 Å². The first kappa shape index (κ1) is 14.0. The summed E-state index contributed by atoms with van der Waals surface area (Å²) in [6.07, 6.45) is 0. The standard InChI is InChI=1S/C13H18N2OS/c1-11(9-14)17-13-5-3-4-12(8-13)10-15-6-7-16-2/h3-5,8,11,15H,6-7,10H2,1-2H3. The highest BCUT2D eigenvalue weighted by atomic mass is 32.2. The zero-order valence-corrected chi connectivity index (χ0v) is 11.1. The second kappa shape index (κ2) is 8.13. The number of hydrogen-bond acceptors (Lipinski definition) is 4. The summed E-state index contributed by atoms with van der Waals surface area (Å²) in [7, 11) is 1.70. The normalized spacial score (nSPS) is 12.1. The minimum Gasteiger partial charge on any atom is -0.383 e. The smallest absolute Gasteiger partial charge is 0.0935 e. The van der Waals surface area contributed by atoms with Crippen LogP contribution in [-0.4, -0.2) is 25.5 Å². The molecule has 92 valence electrons. The molecule has 1 unspecified atom stereocenters. The number of ether oxygens (including phenoxy) is 1. The Morgan fingerprint density at radius 3 is 3.06 bits per heavy atom. The van der Waals surface area contributed by atoms with E-state index in [2.05, 4.69) is 23.5 Å². The predicted molar refractivity (Wildman–Crippen MR) is 71.0 cm³/mol. The van der Waals surface area contributed by atoms with E-state index in [-0.39, 0.29) is 5.25 Å². The Bertz CT molecular complexity index is 376. The quantitative estimate of drug-likeness (QED) is 0.596. The van der Waals surface area contributed by atoms with Crippen molar-refractivity contribution in [2.45, 2.75) is 23.6 Å². The molecule has 0 aliphatic carbocycles. The van der Waals surface area contributed by atoms with Crippen LogP contribution in [-0.2, 0) is 11.3 Å². The fourth-order valence-corrected chi connectivity index (χ4v) is 2.20. The Balaban J connectivity index is 2.45. The summed E-state index contributed by atoms with van der Waals surface area (Å²) in [5.74, 6) is 0. The maximum atomic E-state index is 8.77. The fraction of sp³-hybridized carbons (Fsp3) is 0.462. The maximum Gasteiger partial charge on any atom is 0.0935 e. The van der Waals surface area contributed by atoms with Crippen molar-refractivity contribution in [3.8, 4) is 6.07 Å². The van der Waals surface area contributed by atoms with Gasteiger partial charge in [-0.15, -0.1) is 11.8 Å². The first-order valence-electron chi connectivity index (χ1n) is 5.61. The van der Waals surface area contributed by atoms with Crippen molar-refractivity contribution < 1.29 is 4.74 Å². The zero-order chi connectivity index (χ0) is 12.5. The number of rotatable bonds is 7. The molecule has 1 rings (SSSR count). The molecule has 1 N–H and O–H groups in total. The Labute approximate surface area is 107 Å². The van der Waals surface area contributed by atoms with E-state index < -0.39 is 0 Å². The second-order valence-electron chi connectivity index (χ2n) is 3.71. The monoisotopic (exact) mass is 250 g/mol. The van der Waals surface area contributed by atoms with E-state index in [0.29, 0.717) is 0 Å². The van der Waals surface area contributed by atoms with E-state index in [0.717, 1.165) is 24.6 Å². The molecule has 0 saturated carbocycles. The lowest BCUT2D eigenvalue weighted by atomic mass is 10.2. The highest BCUT2D eigenvalue weighted by Crippen LogP contribution is 2.23. The van der Waals surface area contributed by atoms with Crippen molar-refractivity contribution in [1.82, 2.24) is 5.32 Å². The number of thioether (sulfide) groups is 1. The molecule has 17 heavy (non-hydrogen) atoms. The summed E-state index contributed by atoms with van der Waals surface area (Å²) in [5, 5.41) is 12.1. The summed E-state index contributed by atoms with van der Waals surface area (Å²) >= 11 is 1.59. The number of methoxy groups -OCH3 is 1. The van der Waals surface area contributed by atoms with Crippen LogP contribution in [0.4, 0.5) is 0 Å². The molecule has 0 aromatic heterocycles. The Kier molecular flexibility index (Phi) is 6.71. The molecular formula is C13H18N2OS. The van der Waals surface area contributed by atoms with E-state index in [1.807, 2.05) is 19.1 Å². The van der Waals surface area contributed by atoms with E-state index in [9.17, 15) is 0 Å². The second-order valence-corrected chi connectivity index (χ2v) is 5.12. The lowest BCUT2D eigenvalue weighted by Gasteiger charge is -2.07. The first-order valence-corrected chi connectivity index (χ1v) is 6.49. The molecule has 3 nitrogen and oxygen atoms in total. The van der Waals surface area contributed by atoms with Crippen LogP contribution in [0.5, 0.6) is 0 Å². The molecule has 0 amide bonds. The van der Waals surface area contributed by atoms with Gasteiger partial charge in [-0.2, -0.15) is 5.26 Å². The van der Waals surface area contributed by atoms with Crippen molar-refractivity contribution in [2.75, 3.05) is 20.3 Å². The third kappa shape index (κ3) is 5.73. The van der Waals surface area contributed by atoms with Gasteiger partial charge < -0.3 is 10.1 Å². The molecule has 1 atom stereocenters. The zero-order valence-electron chi connectivity index (χ0n) is 10.3. The predicted octanol–water partition coefficient (Wildman–Crippen LogP) is 2.43. The maximum absolute atomic E-state index is 8.77. The molecule has 1 aromatic carbocycles. The molecule has 0 radical (unpaired) electrons. The van der Waals surface area contributed by atoms with Gasteiger partial charge in [-0.1, -0.05) is 12.1 Å². The average molecular weight is 250 g/mol. The van der Waals surface area contributed by atoms with Crippen LogP contribution in [0, 0.1) is 11.3 Å². The minimum atomic E-state index is -0.00768. The van der Waals surface area contributed by atoms with Crippen molar-refractivity contribution >= 4 is 11.8 Å². The van der Waals surface area contributed by atoms with Gasteiger partial charge in [0.05, 0.1) is 17.9 Å². The van der Waals surface area contributed by atoms with E-state index in [4.69, 9.17) is 10.00 Å². The number of benzene rings is 1. The lowest BCUT2D eigenvalue weighted by molar-refractivity contribution is 0.199. The van der Waals surface area contributed by atoms with Gasteiger partial charge in [0.25, 0.3) is 0 Å². The van der Waals surface area contributed by atoms with Gasteiger partial charge in [0.15, 0.2) is 0 Å². The summed E-state index contributed by atoms with van der Waals surface area (Å²) in [5.41, 5.74) is 1.23. The highest BCUT2D eigenvalue weighted by molar-refractivity contribution is 8.00. The van der Waals surface area contributed by atoms with Gasteiger partial charge in [-0.05, 0) is 24.6 Å². The van der Waals surface area contributed by atoms with Gasteiger partial charge in [0.1, 0.15) is 0 Å². The largest absolute Gasteiger partial charge is 0.383 e. The number of nitriles is 1. The Morgan fingerprint density at radius 1 is 1.53 bits per heavy atom. The molecule has 0 heterocycles. The minimum absolute atomic E-state index is 0.00768. The summed E-state index contributed by atoms with van der Waals surface area (Å²) in [6.45, 7) is 4.31. The van der Waals surface area contributed by atoms with Crippen molar-refractivity contribution in [1.29, 1.82) is 5.26 Å². The van der Waals surface area contributed by atoms with Gasteiger partial charge in [0.2, 0.25) is 0 Å². The third-order valence-electron chi connectivity index (χ3n) is 2.21. The Morgan fingerprint density at radius 2 is 2.35 bits per heavy atom. The average Bonchev–Trinajstić information content (AvgIpc) is 2.35. The van der Waals surface area contributed by atoms with E-state index in [1.165, 1.54) is 5.56 Å². The molecule has 0 fully saturated rings. The molecule has 4 heteroatoms. The van der Waals surface area contributed by atoms with Crippen LogP contribution in [0.2, 0.25) is 0 Å². The van der Waals surface area contributed by atoms with Crippen LogP contribution >= 0.6 is 11.8 Å². The van der Waals surface area contributed by atoms with E-state index in [1.54, 1.807) is 18.9 Å². The van der Waals surface area contributed by atoms with Crippen LogP contribution in [0.25, 0.3) is 0 Å². The third-order valence-corrected chi connectivity index (χ3v) is 3.19. The van der Waals surface area contributed by atoms with Gasteiger partial charge in [-0.3, -0.25) is 0 Å². The SMILES string of the molecule is COCCNCc1cccc(SC(C)C#N)c1. The number of nitrogens with one attached hydrogen (secondary N) is 1. The highest BCUT2D eigenvalue weighted by Gasteiger charge is 2.02. The molecule has 0 bridgehead atoms. The van der Waals surface area contributed by atoms with Crippen LogP contribution < -0.4 is 5.32 Å². The molecule has 0 aliphatic rings. The fourth-order valence-electron chi connectivity index (χ4n) is 1.37. The molecule has 0 spiro atoms. The van der Waals surface area contributed by atoms with Crippen molar-refractivity contribution in [3.05, 3.63) is 29.8 Å². The summed E-state index contributed by atoms with van der Waals surface area (Å²) < 4.78 is 4.97. The first-order chi connectivity index (χ1) is 8.26. The van der Waals surface area contributed by atoms with E-state index >= 15 is 0 Å². The number of nitrogens with zero attached hydrogens (tertiary/aromatic N) is 1. The van der Waals surface area contributed by atoms with Crippen LogP contribution in [0.1, 0.15) is 12.5 Å². The molecular weight excluding hydrogens is 232 g/mol. The van der Waals surface area contributed by atoms with Gasteiger partial charge in [0, 0.05) is 25.1 Å². The van der Waals surface area contributed by atoms with Gasteiger partial charge >= 0.3 is 0 Å². The number of hydrogen-bond donors (Lipinski definition) is 1. The van der Waals surface area contributed by atoms with Crippen LogP contribution in [0.15, 0.2) is 29.2 Å². The summed E-state index contributed by atoms with van der Waals surface area (Å²) in [4.78, 5) is 1.14. The molecule has 1 aromatic rings.